The SMILES string of the molecule is CCn1c(C2CCN(CC(=O)NCCc3ccccc3)CC2)nn(CCOC)c1=O. The van der Waals surface area contributed by atoms with Crippen molar-refractivity contribution in [3.63, 3.8) is 0 Å². The number of nitrogens with zero attached hydrogens (tertiary/aromatic N) is 4. The van der Waals surface area contributed by atoms with Crippen LogP contribution in [0, 0.1) is 0 Å². The van der Waals surface area contributed by atoms with Gasteiger partial charge < -0.3 is 10.1 Å². The van der Waals surface area contributed by atoms with Crippen molar-refractivity contribution in [3.05, 3.63) is 52.2 Å². The van der Waals surface area contributed by atoms with Gasteiger partial charge in [-0.15, -0.1) is 0 Å². The van der Waals surface area contributed by atoms with Crippen molar-refractivity contribution in [3.8, 4) is 0 Å². The molecule has 0 spiro atoms. The van der Waals surface area contributed by atoms with Crippen LogP contribution in [0.4, 0.5) is 0 Å². The normalized spacial score (nSPS) is 15.4. The zero-order valence-electron chi connectivity index (χ0n) is 18.0. The van der Waals surface area contributed by atoms with Gasteiger partial charge in [-0.25, -0.2) is 9.48 Å². The maximum absolute atomic E-state index is 12.5. The third-order valence-corrected chi connectivity index (χ3v) is 5.67. The number of piperidine rings is 1. The predicted octanol–water partition coefficient (Wildman–Crippen LogP) is 1.25. The van der Waals surface area contributed by atoms with E-state index >= 15 is 0 Å². The van der Waals surface area contributed by atoms with Crippen molar-refractivity contribution in [1.29, 1.82) is 0 Å². The summed E-state index contributed by atoms with van der Waals surface area (Å²) in [5, 5.41) is 7.60. The minimum Gasteiger partial charge on any atom is -0.383 e. The fourth-order valence-corrected chi connectivity index (χ4v) is 3.98. The van der Waals surface area contributed by atoms with Crippen LogP contribution >= 0.6 is 0 Å². The fourth-order valence-electron chi connectivity index (χ4n) is 3.98. The van der Waals surface area contributed by atoms with E-state index in [2.05, 4.69) is 27.4 Å². The first-order valence-electron chi connectivity index (χ1n) is 10.8. The smallest absolute Gasteiger partial charge is 0.345 e. The van der Waals surface area contributed by atoms with E-state index in [1.165, 1.54) is 10.2 Å². The van der Waals surface area contributed by atoms with E-state index in [-0.39, 0.29) is 17.5 Å². The van der Waals surface area contributed by atoms with Gasteiger partial charge in [-0.05, 0) is 44.8 Å². The molecule has 1 aromatic carbocycles. The first-order valence-corrected chi connectivity index (χ1v) is 10.8. The summed E-state index contributed by atoms with van der Waals surface area (Å²) in [5.41, 5.74) is 1.16. The Kier molecular flexibility index (Phi) is 8.21. The highest BCUT2D eigenvalue weighted by molar-refractivity contribution is 5.78. The van der Waals surface area contributed by atoms with Crippen molar-refractivity contribution < 1.29 is 9.53 Å². The lowest BCUT2D eigenvalue weighted by Crippen LogP contribution is -2.42. The Balaban J connectivity index is 1.46. The van der Waals surface area contributed by atoms with Crippen LogP contribution in [0.3, 0.4) is 0 Å². The number of carbonyl (C=O) groups is 1. The van der Waals surface area contributed by atoms with Crippen LogP contribution in [0.1, 0.15) is 37.1 Å². The van der Waals surface area contributed by atoms with Crippen molar-refractivity contribution >= 4 is 5.91 Å². The molecule has 2 aromatic rings. The standard InChI is InChI=1S/C22H33N5O3/c1-3-26-21(24-27(22(26)29)15-16-30-2)19-10-13-25(14-11-19)17-20(28)23-12-9-18-7-5-4-6-8-18/h4-8,19H,3,9-17H2,1-2H3,(H,23,28). The molecular weight excluding hydrogens is 382 g/mol. The number of benzene rings is 1. The number of aromatic nitrogens is 3. The van der Waals surface area contributed by atoms with Gasteiger partial charge in [0.15, 0.2) is 0 Å². The van der Waals surface area contributed by atoms with Crippen LogP contribution in [0.5, 0.6) is 0 Å². The Morgan fingerprint density at radius 3 is 2.63 bits per heavy atom. The summed E-state index contributed by atoms with van der Waals surface area (Å²) in [6.45, 7) is 6.27. The molecule has 0 atom stereocenters. The van der Waals surface area contributed by atoms with E-state index in [0.717, 1.165) is 38.2 Å². The van der Waals surface area contributed by atoms with E-state index in [0.29, 0.717) is 32.8 Å². The maximum Gasteiger partial charge on any atom is 0.345 e. The second-order valence-corrected chi connectivity index (χ2v) is 7.74. The lowest BCUT2D eigenvalue weighted by molar-refractivity contribution is -0.122. The number of methoxy groups -OCH3 is 1. The van der Waals surface area contributed by atoms with Gasteiger partial charge in [0, 0.05) is 26.1 Å². The van der Waals surface area contributed by atoms with Gasteiger partial charge in [0.1, 0.15) is 5.82 Å². The van der Waals surface area contributed by atoms with Gasteiger partial charge in [-0.3, -0.25) is 14.3 Å². The zero-order chi connectivity index (χ0) is 21.3. The summed E-state index contributed by atoms with van der Waals surface area (Å²) in [7, 11) is 1.62. The molecule has 0 saturated carbocycles. The number of amides is 1. The average Bonchev–Trinajstić information content (AvgIpc) is 3.08. The van der Waals surface area contributed by atoms with Crippen LogP contribution in [-0.4, -0.2) is 65.1 Å². The van der Waals surface area contributed by atoms with Gasteiger partial charge >= 0.3 is 5.69 Å². The molecule has 0 aliphatic carbocycles. The number of hydrogen-bond acceptors (Lipinski definition) is 5. The highest BCUT2D eigenvalue weighted by Gasteiger charge is 2.27. The molecule has 8 heteroatoms. The molecule has 1 amide bonds. The summed E-state index contributed by atoms with van der Waals surface area (Å²) < 4.78 is 8.36. The van der Waals surface area contributed by atoms with E-state index in [1.807, 2.05) is 25.1 Å². The second-order valence-electron chi connectivity index (χ2n) is 7.74. The highest BCUT2D eigenvalue weighted by atomic mass is 16.5. The number of rotatable bonds is 10. The van der Waals surface area contributed by atoms with Crippen molar-refractivity contribution in [1.82, 2.24) is 24.6 Å². The average molecular weight is 416 g/mol. The van der Waals surface area contributed by atoms with Crippen LogP contribution in [0.2, 0.25) is 0 Å². The molecule has 1 saturated heterocycles. The van der Waals surface area contributed by atoms with Gasteiger partial charge in [-0.1, -0.05) is 30.3 Å². The van der Waals surface area contributed by atoms with Crippen molar-refractivity contribution in [2.75, 3.05) is 39.9 Å². The largest absolute Gasteiger partial charge is 0.383 e. The molecule has 30 heavy (non-hydrogen) atoms. The molecule has 0 radical (unpaired) electrons. The summed E-state index contributed by atoms with van der Waals surface area (Å²) >= 11 is 0. The Labute approximate surface area is 177 Å². The quantitative estimate of drug-likeness (QED) is 0.632. The Bertz CT molecular complexity index is 853. The van der Waals surface area contributed by atoms with Crippen molar-refractivity contribution in [2.45, 2.75) is 45.2 Å². The summed E-state index contributed by atoms with van der Waals surface area (Å²) in [5.74, 6) is 1.18. The Morgan fingerprint density at radius 1 is 1.23 bits per heavy atom. The van der Waals surface area contributed by atoms with Crippen LogP contribution < -0.4 is 11.0 Å². The topological polar surface area (TPSA) is 81.4 Å². The number of nitrogens with one attached hydrogen (secondary N) is 1. The van der Waals surface area contributed by atoms with Crippen LogP contribution in [-0.2, 0) is 29.0 Å². The molecule has 8 nitrogen and oxygen atoms in total. The molecule has 0 bridgehead atoms. The van der Waals surface area contributed by atoms with Crippen molar-refractivity contribution in [2.24, 2.45) is 0 Å². The minimum atomic E-state index is -0.0650. The van der Waals surface area contributed by atoms with Crippen LogP contribution in [0.25, 0.3) is 0 Å². The first kappa shape index (κ1) is 22.2. The fraction of sp³-hybridized carbons (Fsp3) is 0.591. The van der Waals surface area contributed by atoms with Gasteiger partial charge in [-0.2, -0.15) is 5.10 Å². The third kappa shape index (κ3) is 5.79. The maximum atomic E-state index is 12.5. The molecule has 1 fully saturated rings. The van der Waals surface area contributed by atoms with E-state index < -0.39 is 0 Å². The summed E-state index contributed by atoms with van der Waals surface area (Å²) in [6.07, 6.45) is 2.64. The lowest BCUT2D eigenvalue weighted by Gasteiger charge is -2.30. The van der Waals surface area contributed by atoms with Crippen LogP contribution in [0.15, 0.2) is 35.1 Å². The number of carbonyl (C=O) groups excluding carboxylic acids is 1. The highest BCUT2D eigenvalue weighted by Crippen LogP contribution is 2.26. The number of ether oxygens (including phenoxy) is 1. The molecule has 1 aliphatic heterocycles. The predicted molar refractivity (Wildman–Crippen MR) is 116 cm³/mol. The van der Waals surface area contributed by atoms with Gasteiger partial charge in [0.05, 0.1) is 19.7 Å². The monoisotopic (exact) mass is 415 g/mol. The third-order valence-electron chi connectivity index (χ3n) is 5.67. The molecular formula is C22H33N5O3. The van der Waals surface area contributed by atoms with Gasteiger partial charge in [0.2, 0.25) is 5.91 Å². The first-order chi connectivity index (χ1) is 14.6. The molecule has 1 aromatic heterocycles. The number of hydrogen-bond donors (Lipinski definition) is 1. The lowest BCUT2D eigenvalue weighted by atomic mass is 9.96. The minimum absolute atomic E-state index is 0.0650. The van der Waals surface area contributed by atoms with E-state index in [9.17, 15) is 9.59 Å². The molecule has 3 rings (SSSR count). The molecule has 0 unspecified atom stereocenters. The number of likely N-dealkylation sites (tertiary alicyclic amines) is 1. The Hall–Kier alpha value is -2.45. The summed E-state index contributed by atoms with van der Waals surface area (Å²) in [6, 6.07) is 10.2. The zero-order valence-corrected chi connectivity index (χ0v) is 18.0. The van der Waals surface area contributed by atoms with E-state index in [4.69, 9.17) is 4.74 Å². The Morgan fingerprint density at radius 2 is 1.97 bits per heavy atom. The molecule has 2 heterocycles. The van der Waals surface area contributed by atoms with E-state index in [1.54, 1.807) is 11.7 Å². The molecule has 164 valence electrons. The van der Waals surface area contributed by atoms with Gasteiger partial charge in [0.25, 0.3) is 0 Å². The molecule has 1 aliphatic rings. The summed E-state index contributed by atoms with van der Waals surface area (Å²) in [4.78, 5) is 27.0. The molecule has 1 N–H and O–H groups in total. The second kappa shape index (κ2) is 11.1.